The van der Waals surface area contributed by atoms with Gasteiger partial charge in [0.25, 0.3) is 0 Å². The Morgan fingerprint density at radius 1 is 1.36 bits per heavy atom. The number of carbonyl (C=O) groups excluding carboxylic acids is 1. The summed E-state index contributed by atoms with van der Waals surface area (Å²) in [4.78, 5) is 14.5. The van der Waals surface area contributed by atoms with Crippen molar-refractivity contribution in [2.75, 3.05) is 13.1 Å². The summed E-state index contributed by atoms with van der Waals surface area (Å²) in [5, 5.41) is 2.87. The van der Waals surface area contributed by atoms with E-state index in [1.807, 2.05) is 36.4 Å². The Hall–Kier alpha value is -1.81. The van der Waals surface area contributed by atoms with Crippen molar-refractivity contribution >= 4 is 6.09 Å². The average Bonchev–Trinajstić information content (AvgIpc) is 2.56. The van der Waals surface area contributed by atoms with E-state index in [9.17, 15) is 4.79 Å². The molecule has 1 saturated carbocycles. The Labute approximate surface area is 132 Å². The normalized spacial score (nSPS) is 27.4. The van der Waals surface area contributed by atoms with Crippen LogP contribution in [-0.4, -0.2) is 29.8 Å². The molecular weight excluding hydrogens is 276 g/mol. The first kappa shape index (κ1) is 15.1. The first-order valence-corrected chi connectivity index (χ1v) is 8.08. The van der Waals surface area contributed by atoms with Gasteiger partial charge in [-0.05, 0) is 24.3 Å². The molecule has 4 heteroatoms. The number of ether oxygens (including phenoxy) is 1. The van der Waals surface area contributed by atoms with E-state index in [0.29, 0.717) is 6.54 Å². The molecule has 1 aliphatic carbocycles. The zero-order chi connectivity index (χ0) is 15.4. The van der Waals surface area contributed by atoms with Crippen LogP contribution in [0.4, 0.5) is 4.79 Å². The fraction of sp³-hybridized carbons (Fsp3) is 0.500. The number of carbonyl (C=O) groups is 1. The van der Waals surface area contributed by atoms with Crippen LogP contribution in [0, 0.1) is 5.92 Å². The molecule has 0 unspecified atom stereocenters. The third-order valence-corrected chi connectivity index (χ3v) is 4.85. The van der Waals surface area contributed by atoms with Crippen LogP contribution < -0.4 is 5.32 Å². The third kappa shape index (κ3) is 3.17. The smallest absolute Gasteiger partial charge is 0.409 e. The number of nitrogens with one attached hydrogen (secondary N) is 1. The van der Waals surface area contributed by atoms with Crippen molar-refractivity contribution in [1.29, 1.82) is 0 Å². The van der Waals surface area contributed by atoms with Gasteiger partial charge in [0.1, 0.15) is 0 Å². The highest BCUT2D eigenvalue weighted by Crippen LogP contribution is 2.43. The Bertz CT molecular complexity index is 521. The van der Waals surface area contributed by atoms with E-state index in [4.69, 9.17) is 4.74 Å². The van der Waals surface area contributed by atoms with E-state index in [0.717, 1.165) is 50.3 Å². The standard InChI is InChI=1S/C18H24N2O2/c1-2-12-20-14-16-8-10-18(20,11-9-16)22-17(21)19-13-15-6-4-3-5-7-15/h2-7,16H,1,8-14H2,(H,19,21). The molecule has 4 rings (SSSR count). The Balaban J connectivity index is 1.60. The second-order valence-electron chi connectivity index (χ2n) is 6.31. The lowest BCUT2D eigenvalue weighted by molar-refractivity contribution is -0.174. The van der Waals surface area contributed by atoms with Gasteiger partial charge in [0.2, 0.25) is 0 Å². The Kier molecular flexibility index (Phi) is 4.48. The fourth-order valence-corrected chi connectivity index (χ4v) is 3.65. The quantitative estimate of drug-likeness (QED) is 0.848. The molecule has 0 atom stereocenters. The van der Waals surface area contributed by atoms with E-state index in [2.05, 4.69) is 16.8 Å². The van der Waals surface area contributed by atoms with Crippen molar-refractivity contribution in [3.8, 4) is 0 Å². The van der Waals surface area contributed by atoms with E-state index >= 15 is 0 Å². The summed E-state index contributed by atoms with van der Waals surface area (Å²) in [5.74, 6) is 0.748. The third-order valence-electron chi connectivity index (χ3n) is 4.85. The van der Waals surface area contributed by atoms with Crippen molar-refractivity contribution in [3.05, 3.63) is 48.6 Å². The minimum Gasteiger partial charge on any atom is -0.428 e. The summed E-state index contributed by atoms with van der Waals surface area (Å²) in [6.07, 6.45) is 5.75. The number of amides is 1. The fourth-order valence-electron chi connectivity index (χ4n) is 3.65. The van der Waals surface area contributed by atoms with Crippen LogP contribution in [0.1, 0.15) is 31.2 Å². The first-order valence-electron chi connectivity index (χ1n) is 8.08. The van der Waals surface area contributed by atoms with Crippen LogP contribution in [-0.2, 0) is 11.3 Å². The summed E-state index contributed by atoms with van der Waals surface area (Å²) in [7, 11) is 0. The van der Waals surface area contributed by atoms with E-state index < -0.39 is 5.72 Å². The predicted octanol–water partition coefficient (Wildman–Crippen LogP) is 3.30. The van der Waals surface area contributed by atoms with Crippen LogP contribution in [0.5, 0.6) is 0 Å². The molecule has 0 aromatic heterocycles. The number of alkyl carbamates (subject to hydrolysis) is 1. The summed E-state index contributed by atoms with van der Waals surface area (Å²) in [6.45, 7) is 6.12. The topological polar surface area (TPSA) is 41.6 Å². The number of rotatable bonds is 5. The van der Waals surface area contributed by atoms with Crippen molar-refractivity contribution < 1.29 is 9.53 Å². The number of fused-ring (bicyclic) bond motifs is 3. The second kappa shape index (κ2) is 6.53. The van der Waals surface area contributed by atoms with Gasteiger partial charge in [-0.25, -0.2) is 4.79 Å². The molecule has 1 N–H and O–H groups in total. The zero-order valence-corrected chi connectivity index (χ0v) is 13.0. The second-order valence-corrected chi connectivity index (χ2v) is 6.31. The van der Waals surface area contributed by atoms with E-state index in [-0.39, 0.29) is 6.09 Å². The molecule has 0 radical (unpaired) electrons. The van der Waals surface area contributed by atoms with Crippen LogP contribution in [0.3, 0.4) is 0 Å². The van der Waals surface area contributed by atoms with E-state index in [1.165, 1.54) is 0 Å². The minimum atomic E-state index is -0.427. The Morgan fingerprint density at radius 3 is 2.77 bits per heavy atom. The van der Waals surface area contributed by atoms with Gasteiger partial charge in [0, 0.05) is 32.5 Å². The summed E-state index contributed by atoms with van der Waals surface area (Å²) >= 11 is 0. The van der Waals surface area contributed by atoms with E-state index in [1.54, 1.807) is 0 Å². The molecule has 1 aromatic rings. The van der Waals surface area contributed by atoms with Crippen molar-refractivity contribution in [2.45, 2.75) is 38.0 Å². The number of nitrogens with zero attached hydrogens (tertiary/aromatic N) is 1. The van der Waals surface area contributed by atoms with Gasteiger partial charge in [0.15, 0.2) is 5.72 Å². The highest BCUT2D eigenvalue weighted by molar-refractivity contribution is 5.67. The van der Waals surface area contributed by atoms with Crippen molar-refractivity contribution in [3.63, 3.8) is 0 Å². The van der Waals surface area contributed by atoms with Crippen LogP contribution >= 0.6 is 0 Å². The number of hydrogen-bond donors (Lipinski definition) is 1. The Morgan fingerprint density at radius 2 is 2.09 bits per heavy atom. The SMILES string of the molecule is C=CCN1CC2CCC1(OC(=O)NCc1ccccc1)CC2. The van der Waals surface area contributed by atoms with Crippen molar-refractivity contribution in [1.82, 2.24) is 10.2 Å². The molecule has 118 valence electrons. The largest absolute Gasteiger partial charge is 0.428 e. The predicted molar refractivity (Wildman–Crippen MR) is 86.2 cm³/mol. The van der Waals surface area contributed by atoms with Crippen molar-refractivity contribution in [2.24, 2.45) is 5.92 Å². The molecule has 22 heavy (non-hydrogen) atoms. The molecule has 3 fully saturated rings. The lowest BCUT2D eigenvalue weighted by Crippen LogP contribution is -2.61. The first-order chi connectivity index (χ1) is 10.7. The number of benzene rings is 1. The van der Waals surface area contributed by atoms with Gasteiger partial charge in [-0.1, -0.05) is 36.4 Å². The summed E-state index contributed by atoms with van der Waals surface area (Å²) < 4.78 is 5.88. The minimum absolute atomic E-state index is 0.321. The van der Waals surface area contributed by atoms with Gasteiger partial charge in [-0.3, -0.25) is 4.90 Å². The molecule has 2 saturated heterocycles. The maximum Gasteiger partial charge on any atom is 0.409 e. The van der Waals surface area contributed by atoms with Crippen LogP contribution in [0.2, 0.25) is 0 Å². The molecular formula is C18H24N2O2. The van der Waals surface area contributed by atoms with Gasteiger partial charge >= 0.3 is 6.09 Å². The molecule has 4 nitrogen and oxygen atoms in total. The molecule has 1 amide bonds. The lowest BCUT2D eigenvalue weighted by Gasteiger charge is -2.53. The number of piperidine rings is 2. The molecule has 0 spiro atoms. The maximum absolute atomic E-state index is 12.2. The molecule has 2 aliphatic heterocycles. The highest BCUT2D eigenvalue weighted by atomic mass is 16.6. The monoisotopic (exact) mass is 300 g/mol. The molecule has 1 aromatic carbocycles. The average molecular weight is 300 g/mol. The maximum atomic E-state index is 12.2. The summed E-state index contributed by atoms with van der Waals surface area (Å²) in [6, 6.07) is 9.89. The van der Waals surface area contributed by atoms with Crippen LogP contribution in [0.15, 0.2) is 43.0 Å². The van der Waals surface area contributed by atoms with Gasteiger partial charge in [-0.2, -0.15) is 0 Å². The van der Waals surface area contributed by atoms with Crippen LogP contribution in [0.25, 0.3) is 0 Å². The highest BCUT2D eigenvalue weighted by Gasteiger charge is 2.48. The number of hydrogen-bond acceptors (Lipinski definition) is 3. The molecule has 2 heterocycles. The van der Waals surface area contributed by atoms with Gasteiger partial charge in [0.05, 0.1) is 0 Å². The molecule has 2 bridgehead atoms. The zero-order valence-electron chi connectivity index (χ0n) is 13.0. The van der Waals surface area contributed by atoms with Gasteiger partial charge in [-0.15, -0.1) is 6.58 Å². The lowest BCUT2D eigenvalue weighted by atomic mass is 9.77. The molecule has 3 aliphatic rings. The van der Waals surface area contributed by atoms with Gasteiger partial charge < -0.3 is 10.1 Å². The summed E-state index contributed by atoms with van der Waals surface area (Å²) in [5.41, 5.74) is 0.649.